The van der Waals surface area contributed by atoms with Gasteiger partial charge in [0.2, 0.25) is 0 Å². The van der Waals surface area contributed by atoms with E-state index >= 15 is 0 Å². The van der Waals surface area contributed by atoms with Crippen molar-refractivity contribution in [2.24, 2.45) is 0 Å². The predicted octanol–water partition coefficient (Wildman–Crippen LogP) is 1.47. The molecule has 0 aromatic heterocycles. The molecule has 0 fully saturated rings. The number of aliphatic hydroxyl groups excluding tert-OH is 1. The maximum Gasteiger partial charge on any atom is 0.0636 e. The first kappa shape index (κ1) is 10.2. The molecule has 0 bridgehead atoms. The minimum atomic E-state index is -0.273. The molecule has 2 N–H and O–H groups in total. The number of nitrogens with one attached hydrogen (secondary N) is 1. The molecule has 72 valence electrons. The van der Waals surface area contributed by atoms with Crippen LogP contribution in [0.25, 0.3) is 0 Å². The van der Waals surface area contributed by atoms with Gasteiger partial charge in [-0.1, -0.05) is 29.8 Å². The highest BCUT2D eigenvalue weighted by Crippen LogP contribution is 2.02. The third-order valence-corrected chi connectivity index (χ3v) is 1.85. The first-order valence-corrected chi connectivity index (χ1v) is 4.63. The first-order valence-electron chi connectivity index (χ1n) is 4.63. The summed E-state index contributed by atoms with van der Waals surface area (Å²) in [4.78, 5) is 0. The number of aryl methyl sites for hydroxylation is 1. The molecular weight excluding hydrogens is 162 g/mol. The first-order chi connectivity index (χ1) is 6.18. The Kier molecular flexibility index (Phi) is 3.93. The molecule has 1 atom stereocenters. The van der Waals surface area contributed by atoms with E-state index in [1.165, 1.54) is 11.1 Å². The molecule has 0 aliphatic rings. The van der Waals surface area contributed by atoms with E-state index in [1.807, 2.05) is 0 Å². The summed E-state index contributed by atoms with van der Waals surface area (Å²) in [7, 11) is 0. The van der Waals surface area contributed by atoms with Gasteiger partial charge in [-0.15, -0.1) is 0 Å². The van der Waals surface area contributed by atoms with Crippen LogP contribution in [0, 0.1) is 6.92 Å². The molecule has 0 saturated heterocycles. The van der Waals surface area contributed by atoms with Crippen molar-refractivity contribution in [1.29, 1.82) is 0 Å². The van der Waals surface area contributed by atoms with Gasteiger partial charge in [0.05, 0.1) is 6.10 Å². The van der Waals surface area contributed by atoms with Crippen molar-refractivity contribution in [3.63, 3.8) is 0 Å². The largest absolute Gasteiger partial charge is 0.392 e. The maximum absolute atomic E-state index is 9.02. The van der Waals surface area contributed by atoms with Crippen LogP contribution in [0.5, 0.6) is 0 Å². The van der Waals surface area contributed by atoms with Gasteiger partial charge in [-0.25, -0.2) is 0 Å². The SMILES string of the molecule is Cc1cccc(CNC[C@@H](C)O)c1. The molecule has 1 rings (SSSR count). The summed E-state index contributed by atoms with van der Waals surface area (Å²) in [6.45, 7) is 5.34. The molecule has 0 amide bonds. The van der Waals surface area contributed by atoms with Crippen molar-refractivity contribution in [2.75, 3.05) is 6.54 Å². The van der Waals surface area contributed by atoms with Gasteiger partial charge in [0.1, 0.15) is 0 Å². The average Bonchev–Trinajstić information content (AvgIpc) is 2.03. The molecule has 2 heteroatoms. The van der Waals surface area contributed by atoms with E-state index in [1.54, 1.807) is 6.92 Å². The van der Waals surface area contributed by atoms with Crippen molar-refractivity contribution in [3.8, 4) is 0 Å². The van der Waals surface area contributed by atoms with Crippen LogP contribution in [0.15, 0.2) is 24.3 Å². The third kappa shape index (κ3) is 4.06. The lowest BCUT2D eigenvalue weighted by atomic mass is 10.1. The van der Waals surface area contributed by atoms with Gasteiger partial charge in [-0.05, 0) is 19.4 Å². The fourth-order valence-corrected chi connectivity index (χ4v) is 1.25. The van der Waals surface area contributed by atoms with Crippen molar-refractivity contribution in [1.82, 2.24) is 5.32 Å². The topological polar surface area (TPSA) is 32.3 Å². The van der Waals surface area contributed by atoms with E-state index in [0.717, 1.165) is 6.54 Å². The van der Waals surface area contributed by atoms with Gasteiger partial charge in [-0.3, -0.25) is 0 Å². The number of aliphatic hydroxyl groups is 1. The standard InChI is InChI=1S/C11H17NO/c1-9-4-3-5-11(6-9)8-12-7-10(2)13/h3-6,10,12-13H,7-8H2,1-2H3/t10-/m1/s1. The van der Waals surface area contributed by atoms with Crippen molar-refractivity contribution in [2.45, 2.75) is 26.5 Å². The minimum Gasteiger partial charge on any atom is -0.392 e. The van der Waals surface area contributed by atoms with E-state index in [9.17, 15) is 0 Å². The number of benzene rings is 1. The van der Waals surface area contributed by atoms with Crippen molar-refractivity contribution < 1.29 is 5.11 Å². The van der Waals surface area contributed by atoms with Crippen LogP contribution in [0.4, 0.5) is 0 Å². The summed E-state index contributed by atoms with van der Waals surface area (Å²) in [5, 5.41) is 12.2. The Labute approximate surface area is 79.6 Å². The van der Waals surface area contributed by atoms with Crippen LogP contribution in [0.2, 0.25) is 0 Å². The molecule has 1 aromatic rings. The van der Waals surface area contributed by atoms with E-state index in [0.29, 0.717) is 6.54 Å². The molecule has 0 aliphatic carbocycles. The predicted molar refractivity (Wildman–Crippen MR) is 54.6 cm³/mol. The molecule has 0 unspecified atom stereocenters. The number of rotatable bonds is 4. The quantitative estimate of drug-likeness (QED) is 0.733. The van der Waals surface area contributed by atoms with Gasteiger partial charge in [0, 0.05) is 13.1 Å². The molecule has 0 spiro atoms. The molecule has 0 radical (unpaired) electrons. The molecule has 1 aromatic carbocycles. The molecule has 13 heavy (non-hydrogen) atoms. The second-order valence-electron chi connectivity index (χ2n) is 3.47. The summed E-state index contributed by atoms with van der Waals surface area (Å²) < 4.78 is 0. The Bertz CT molecular complexity index is 258. The minimum absolute atomic E-state index is 0.273. The lowest BCUT2D eigenvalue weighted by Gasteiger charge is -2.07. The molecule has 0 aliphatic heterocycles. The molecule has 0 saturated carbocycles. The Morgan fingerprint density at radius 1 is 1.46 bits per heavy atom. The van der Waals surface area contributed by atoms with E-state index in [-0.39, 0.29) is 6.10 Å². The Morgan fingerprint density at radius 3 is 2.85 bits per heavy atom. The zero-order chi connectivity index (χ0) is 9.68. The van der Waals surface area contributed by atoms with Gasteiger partial charge >= 0.3 is 0 Å². The number of hydrogen-bond acceptors (Lipinski definition) is 2. The normalized spacial score (nSPS) is 12.8. The highest BCUT2D eigenvalue weighted by Gasteiger charge is 1.95. The second kappa shape index (κ2) is 5.00. The average molecular weight is 179 g/mol. The van der Waals surface area contributed by atoms with Crippen LogP contribution >= 0.6 is 0 Å². The lowest BCUT2D eigenvalue weighted by molar-refractivity contribution is 0.191. The van der Waals surface area contributed by atoms with Crippen LogP contribution in [-0.4, -0.2) is 17.8 Å². The molecule has 2 nitrogen and oxygen atoms in total. The summed E-state index contributed by atoms with van der Waals surface area (Å²) in [6, 6.07) is 8.37. The van der Waals surface area contributed by atoms with Crippen molar-refractivity contribution in [3.05, 3.63) is 35.4 Å². The van der Waals surface area contributed by atoms with Gasteiger partial charge in [0.25, 0.3) is 0 Å². The van der Waals surface area contributed by atoms with Gasteiger partial charge in [0.15, 0.2) is 0 Å². The third-order valence-electron chi connectivity index (χ3n) is 1.85. The fraction of sp³-hybridized carbons (Fsp3) is 0.455. The Hall–Kier alpha value is -0.860. The van der Waals surface area contributed by atoms with E-state index in [2.05, 4.69) is 36.5 Å². The van der Waals surface area contributed by atoms with Crippen LogP contribution < -0.4 is 5.32 Å². The Morgan fingerprint density at radius 2 is 2.23 bits per heavy atom. The lowest BCUT2D eigenvalue weighted by Crippen LogP contribution is -2.23. The second-order valence-corrected chi connectivity index (χ2v) is 3.47. The van der Waals surface area contributed by atoms with Crippen LogP contribution in [0.1, 0.15) is 18.1 Å². The smallest absolute Gasteiger partial charge is 0.0636 e. The van der Waals surface area contributed by atoms with Crippen LogP contribution in [-0.2, 0) is 6.54 Å². The summed E-state index contributed by atoms with van der Waals surface area (Å²) >= 11 is 0. The zero-order valence-electron chi connectivity index (χ0n) is 8.25. The summed E-state index contributed by atoms with van der Waals surface area (Å²) in [5.74, 6) is 0. The van der Waals surface area contributed by atoms with Gasteiger partial charge < -0.3 is 10.4 Å². The zero-order valence-corrected chi connectivity index (χ0v) is 8.25. The Balaban J connectivity index is 2.37. The highest BCUT2D eigenvalue weighted by atomic mass is 16.3. The fourth-order valence-electron chi connectivity index (χ4n) is 1.25. The van der Waals surface area contributed by atoms with Crippen molar-refractivity contribution >= 4 is 0 Å². The maximum atomic E-state index is 9.02. The van der Waals surface area contributed by atoms with E-state index < -0.39 is 0 Å². The molecular formula is C11H17NO. The van der Waals surface area contributed by atoms with E-state index in [4.69, 9.17) is 5.11 Å². The summed E-state index contributed by atoms with van der Waals surface area (Å²) in [5.41, 5.74) is 2.54. The molecule has 0 heterocycles. The summed E-state index contributed by atoms with van der Waals surface area (Å²) in [6.07, 6.45) is -0.273. The van der Waals surface area contributed by atoms with Gasteiger partial charge in [-0.2, -0.15) is 0 Å². The highest BCUT2D eigenvalue weighted by molar-refractivity contribution is 5.21. The van der Waals surface area contributed by atoms with Crippen LogP contribution in [0.3, 0.4) is 0 Å². The number of hydrogen-bond donors (Lipinski definition) is 2. The monoisotopic (exact) mass is 179 g/mol.